The smallest absolute Gasteiger partial charge is 0.175 e. The molecule has 0 saturated carbocycles. The van der Waals surface area contributed by atoms with Crippen LogP contribution in [0.15, 0.2) is 36.4 Å². The van der Waals surface area contributed by atoms with E-state index in [4.69, 9.17) is 33.3 Å². The molecule has 4 nitrogen and oxygen atoms in total. The van der Waals surface area contributed by atoms with Gasteiger partial charge in [-0.2, -0.15) is 0 Å². The summed E-state index contributed by atoms with van der Waals surface area (Å²) in [7, 11) is 2.95. The summed E-state index contributed by atoms with van der Waals surface area (Å²) in [5.74, 6) is 0.283. The first-order valence-corrected chi connectivity index (χ1v) is 7.07. The Morgan fingerprint density at radius 1 is 1.05 bits per heavy atom. The molecule has 2 N–H and O–H groups in total. The Kier molecular flexibility index (Phi) is 5.41. The summed E-state index contributed by atoms with van der Waals surface area (Å²) in [6.45, 7) is 0. The number of ether oxygens (including phenoxy) is 2. The largest absolute Gasteiger partial charge is 0.495 e. The van der Waals surface area contributed by atoms with E-state index < -0.39 is 5.82 Å². The normalized spacial score (nSPS) is 10.0. The van der Waals surface area contributed by atoms with Crippen molar-refractivity contribution in [2.24, 2.45) is 0 Å². The molecule has 0 fully saturated rings. The minimum atomic E-state index is -0.476. The molecule has 0 unspecified atom stereocenters. The van der Waals surface area contributed by atoms with Gasteiger partial charge in [-0.3, -0.25) is 0 Å². The number of thiocarbonyl (C=S) groups is 1. The molecule has 2 rings (SSSR count). The Morgan fingerprint density at radius 2 is 1.73 bits per heavy atom. The van der Waals surface area contributed by atoms with Crippen molar-refractivity contribution in [3.8, 4) is 11.5 Å². The van der Waals surface area contributed by atoms with Gasteiger partial charge in [0.25, 0.3) is 0 Å². The van der Waals surface area contributed by atoms with E-state index in [9.17, 15) is 4.39 Å². The van der Waals surface area contributed by atoms with Gasteiger partial charge in [-0.1, -0.05) is 11.6 Å². The minimum absolute atomic E-state index is 0.168. The number of halogens is 2. The molecule has 0 spiro atoms. The number of hydrogen-bond donors (Lipinski definition) is 2. The summed E-state index contributed by atoms with van der Waals surface area (Å²) < 4.78 is 23.7. The Labute approximate surface area is 138 Å². The summed E-state index contributed by atoms with van der Waals surface area (Å²) in [6.07, 6.45) is 0. The van der Waals surface area contributed by atoms with Crippen LogP contribution in [0.2, 0.25) is 5.02 Å². The van der Waals surface area contributed by atoms with E-state index in [0.29, 0.717) is 22.1 Å². The van der Waals surface area contributed by atoms with Gasteiger partial charge in [-0.25, -0.2) is 4.39 Å². The van der Waals surface area contributed by atoms with E-state index in [2.05, 4.69) is 10.6 Å². The van der Waals surface area contributed by atoms with Gasteiger partial charge >= 0.3 is 0 Å². The summed E-state index contributed by atoms with van der Waals surface area (Å²) in [4.78, 5) is 0. The third kappa shape index (κ3) is 3.99. The molecule has 22 heavy (non-hydrogen) atoms. The maximum atomic E-state index is 13.6. The van der Waals surface area contributed by atoms with Crippen LogP contribution >= 0.6 is 23.8 Å². The summed E-state index contributed by atoms with van der Waals surface area (Å²) in [5.41, 5.74) is 1.11. The number of benzene rings is 2. The van der Waals surface area contributed by atoms with Crippen molar-refractivity contribution in [3.63, 3.8) is 0 Å². The lowest BCUT2D eigenvalue weighted by molar-refractivity contribution is 0.387. The highest BCUT2D eigenvalue weighted by molar-refractivity contribution is 7.80. The van der Waals surface area contributed by atoms with Gasteiger partial charge in [0, 0.05) is 16.8 Å². The average Bonchev–Trinajstić information content (AvgIpc) is 2.47. The van der Waals surface area contributed by atoms with Crippen molar-refractivity contribution in [2.45, 2.75) is 0 Å². The minimum Gasteiger partial charge on any atom is -0.495 e. The quantitative estimate of drug-likeness (QED) is 0.812. The maximum absolute atomic E-state index is 13.6. The summed E-state index contributed by atoms with van der Waals surface area (Å²) in [5, 5.41) is 6.66. The number of methoxy groups -OCH3 is 2. The number of nitrogens with one attached hydrogen (secondary N) is 2. The number of anilines is 2. The van der Waals surface area contributed by atoms with E-state index in [1.165, 1.54) is 19.2 Å². The van der Waals surface area contributed by atoms with E-state index in [1.54, 1.807) is 31.4 Å². The molecule has 0 atom stereocenters. The fourth-order valence-electron chi connectivity index (χ4n) is 1.81. The van der Waals surface area contributed by atoms with Crippen LogP contribution in [0.5, 0.6) is 11.5 Å². The van der Waals surface area contributed by atoms with Crippen LogP contribution in [-0.2, 0) is 0 Å². The molecular formula is C15H14ClFN2O2S. The zero-order chi connectivity index (χ0) is 16.1. The molecule has 0 aliphatic carbocycles. The second kappa shape index (κ2) is 7.29. The second-order valence-corrected chi connectivity index (χ2v) is 5.12. The molecule has 0 bridgehead atoms. The predicted octanol–water partition coefficient (Wildman–Crippen LogP) is 4.31. The van der Waals surface area contributed by atoms with Crippen LogP contribution in [-0.4, -0.2) is 19.3 Å². The van der Waals surface area contributed by atoms with E-state index in [1.807, 2.05) is 0 Å². The Balaban J connectivity index is 2.10. The van der Waals surface area contributed by atoms with Crippen LogP contribution in [0.3, 0.4) is 0 Å². The first-order chi connectivity index (χ1) is 10.5. The molecule has 2 aromatic rings. The molecule has 0 aliphatic rings. The van der Waals surface area contributed by atoms with E-state index in [-0.39, 0.29) is 10.9 Å². The summed E-state index contributed by atoms with van der Waals surface area (Å²) >= 11 is 11.1. The summed E-state index contributed by atoms with van der Waals surface area (Å²) in [6, 6.07) is 9.58. The fraction of sp³-hybridized carbons (Fsp3) is 0.133. The number of hydrogen-bond acceptors (Lipinski definition) is 3. The van der Waals surface area contributed by atoms with Crippen molar-refractivity contribution >= 4 is 40.3 Å². The standard InChI is InChI=1S/C15H14ClFN2O2S/c1-20-13-6-4-10(8-11(13)17)18-15(22)19-12-7-9(16)3-5-14(12)21-2/h3-8H,1-2H3,(H2,18,19,22). The molecule has 0 amide bonds. The lowest BCUT2D eigenvalue weighted by Gasteiger charge is -2.14. The van der Waals surface area contributed by atoms with Gasteiger partial charge in [0.2, 0.25) is 0 Å². The number of rotatable bonds is 4. The van der Waals surface area contributed by atoms with Crippen molar-refractivity contribution in [1.29, 1.82) is 0 Å². The zero-order valence-corrected chi connectivity index (χ0v) is 13.5. The molecule has 116 valence electrons. The van der Waals surface area contributed by atoms with Gasteiger partial charge in [0.1, 0.15) is 5.75 Å². The zero-order valence-electron chi connectivity index (χ0n) is 11.9. The van der Waals surface area contributed by atoms with Crippen molar-refractivity contribution < 1.29 is 13.9 Å². The molecule has 0 radical (unpaired) electrons. The lowest BCUT2D eigenvalue weighted by atomic mass is 10.3. The first kappa shape index (κ1) is 16.3. The fourth-order valence-corrected chi connectivity index (χ4v) is 2.21. The molecule has 0 aromatic heterocycles. The third-order valence-electron chi connectivity index (χ3n) is 2.82. The van der Waals surface area contributed by atoms with Crippen molar-refractivity contribution in [2.75, 3.05) is 24.9 Å². The molecule has 2 aromatic carbocycles. The second-order valence-electron chi connectivity index (χ2n) is 4.27. The van der Waals surface area contributed by atoms with Gasteiger partial charge in [0.15, 0.2) is 16.7 Å². The Morgan fingerprint density at radius 3 is 2.36 bits per heavy atom. The van der Waals surface area contributed by atoms with Crippen LogP contribution in [0.1, 0.15) is 0 Å². The highest BCUT2D eigenvalue weighted by atomic mass is 35.5. The monoisotopic (exact) mass is 340 g/mol. The maximum Gasteiger partial charge on any atom is 0.175 e. The van der Waals surface area contributed by atoms with Gasteiger partial charge in [-0.05, 0) is 42.5 Å². The van der Waals surface area contributed by atoms with Gasteiger partial charge in [-0.15, -0.1) is 0 Å². The Bertz CT molecular complexity index is 697. The lowest BCUT2D eigenvalue weighted by Crippen LogP contribution is -2.19. The molecule has 0 aliphatic heterocycles. The average molecular weight is 341 g/mol. The van der Waals surface area contributed by atoms with Crippen LogP contribution in [0, 0.1) is 5.82 Å². The van der Waals surface area contributed by atoms with Crippen LogP contribution in [0.25, 0.3) is 0 Å². The molecule has 0 heterocycles. The van der Waals surface area contributed by atoms with Gasteiger partial charge in [0.05, 0.1) is 19.9 Å². The molecule has 7 heteroatoms. The van der Waals surface area contributed by atoms with Gasteiger partial charge < -0.3 is 20.1 Å². The van der Waals surface area contributed by atoms with E-state index >= 15 is 0 Å². The predicted molar refractivity (Wildman–Crippen MR) is 90.8 cm³/mol. The van der Waals surface area contributed by atoms with Crippen molar-refractivity contribution in [1.82, 2.24) is 0 Å². The Hall–Kier alpha value is -2.05. The topological polar surface area (TPSA) is 42.5 Å². The van der Waals surface area contributed by atoms with Crippen LogP contribution in [0.4, 0.5) is 15.8 Å². The van der Waals surface area contributed by atoms with Crippen LogP contribution < -0.4 is 20.1 Å². The molecular weight excluding hydrogens is 327 g/mol. The van der Waals surface area contributed by atoms with Crippen molar-refractivity contribution in [3.05, 3.63) is 47.2 Å². The SMILES string of the molecule is COc1ccc(NC(=S)Nc2cc(Cl)ccc2OC)cc1F. The highest BCUT2D eigenvalue weighted by Crippen LogP contribution is 2.28. The highest BCUT2D eigenvalue weighted by Gasteiger charge is 2.08. The first-order valence-electron chi connectivity index (χ1n) is 6.28. The molecule has 0 saturated heterocycles. The third-order valence-corrected chi connectivity index (χ3v) is 3.26. The van der Waals surface area contributed by atoms with E-state index in [0.717, 1.165) is 0 Å².